The monoisotopic (exact) mass is 484 g/mol. The topological polar surface area (TPSA) is 91.1 Å². The Morgan fingerprint density at radius 2 is 1.64 bits per heavy atom. The number of anilines is 1. The summed E-state index contributed by atoms with van der Waals surface area (Å²) in [5.74, 6) is -1.60. The Hall–Kier alpha value is -4.30. The number of aliphatic hydroxyl groups excluding tert-OH is 1. The van der Waals surface area contributed by atoms with E-state index in [9.17, 15) is 23.9 Å². The van der Waals surface area contributed by atoms with E-state index >= 15 is 0 Å². The predicted molar refractivity (Wildman–Crippen MR) is 130 cm³/mol. The van der Waals surface area contributed by atoms with Gasteiger partial charge in [-0.3, -0.25) is 14.4 Å². The minimum atomic E-state index is -1.73. The first-order valence-corrected chi connectivity index (χ1v) is 11.6. The number of rotatable bonds is 5. The van der Waals surface area contributed by atoms with E-state index in [1.807, 2.05) is 0 Å². The van der Waals surface area contributed by atoms with Crippen molar-refractivity contribution in [3.05, 3.63) is 111 Å². The van der Waals surface area contributed by atoms with Crippen LogP contribution < -0.4 is 10.3 Å². The number of hydrogen-bond acceptors (Lipinski definition) is 5. The lowest BCUT2D eigenvalue weighted by molar-refractivity contribution is -0.126. The molecule has 0 radical (unpaired) electrons. The third kappa shape index (κ3) is 2.91. The van der Waals surface area contributed by atoms with Gasteiger partial charge in [-0.25, -0.2) is 4.39 Å². The van der Waals surface area contributed by atoms with E-state index in [-0.39, 0.29) is 48.4 Å². The van der Waals surface area contributed by atoms with Gasteiger partial charge in [0, 0.05) is 18.7 Å². The van der Waals surface area contributed by atoms with Gasteiger partial charge < -0.3 is 19.3 Å². The maximum absolute atomic E-state index is 14.4. The standard InChI is InChI=1S/C28H21FN2O5/c29-18-12-10-17(11-13-18)16-30-21-8-3-2-7-20(21)28(27(30)35)23-24(33)19-6-1-4-9-22(19)36-25(23)26(34)31(28)14-5-15-32/h1-4,6-13,32H,5,14-16H2. The van der Waals surface area contributed by atoms with Crippen molar-refractivity contribution in [2.24, 2.45) is 0 Å². The average molecular weight is 484 g/mol. The van der Waals surface area contributed by atoms with Crippen molar-refractivity contribution < 1.29 is 23.5 Å². The first-order chi connectivity index (χ1) is 17.5. The fraction of sp³-hybridized carbons (Fsp3) is 0.179. The van der Waals surface area contributed by atoms with Gasteiger partial charge >= 0.3 is 0 Å². The minimum absolute atomic E-state index is 0.0109. The molecule has 1 N–H and O–H groups in total. The summed E-state index contributed by atoms with van der Waals surface area (Å²) in [7, 11) is 0. The molecule has 1 aromatic heterocycles. The van der Waals surface area contributed by atoms with Gasteiger partial charge in [0.2, 0.25) is 5.76 Å². The number of amides is 2. The van der Waals surface area contributed by atoms with E-state index in [1.54, 1.807) is 60.7 Å². The Morgan fingerprint density at radius 1 is 0.917 bits per heavy atom. The second kappa shape index (κ2) is 8.13. The maximum Gasteiger partial charge on any atom is 0.291 e. The van der Waals surface area contributed by atoms with E-state index in [4.69, 9.17) is 4.42 Å². The quantitative estimate of drug-likeness (QED) is 0.468. The molecule has 3 aromatic carbocycles. The summed E-state index contributed by atoms with van der Waals surface area (Å²) in [6, 6.07) is 19.5. The summed E-state index contributed by atoms with van der Waals surface area (Å²) in [5.41, 5.74) is -0.201. The summed E-state index contributed by atoms with van der Waals surface area (Å²) < 4.78 is 19.5. The Balaban J connectivity index is 1.63. The lowest BCUT2D eigenvalue weighted by Crippen LogP contribution is -2.53. The number of benzene rings is 3. The number of hydrogen-bond donors (Lipinski definition) is 1. The molecule has 6 rings (SSSR count). The molecule has 0 saturated heterocycles. The van der Waals surface area contributed by atoms with Crippen LogP contribution in [0.15, 0.2) is 82.0 Å². The molecule has 0 bridgehead atoms. The van der Waals surface area contributed by atoms with Gasteiger partial charge in [-0.2, -0.15) is 0 Å². The number of nitrogens with zero attached hydrogens (tertiary/aromatic N) is 2. The first-order valence-electron chi connectivity index (χ1n) is 11.6. The van der Waals surface area contributed by atoms with Crippen LogP contribution in [0.3, 0.4) is 0 Å². The van der Waals surface area contributed by atoms with Crippen LogP contribution in [-0.4, -0.2) is 35.0 Å². The number of aliphatic hydroxyl groups is 1. The van der Waals surface area contributed by atoms with E-state index < -0.39 is 28.6 Å². The molecule has 1 atom stereocenters. The zero-order valence-corrected chi connectivity index (χ0v) is 19.1. The Morgan fingerprint density at radius 3 is 2.42 bits per heavy atom. The Kier molecular flexibility index (Phi) is 5.01. The number of carbonyl (C=O) groups is 2. The van der Waals surface area contributed by atoms with Crippen molar-refractivity contribution in [3.8, 4) is 0 Å². The molecule has 8 heteroatoms. The third-order valence-corrected chi connectivity index (χ3v) is 6.94. The Labute approximate surface area is 205 Å². The second-order valence-electron chi connectivity index (χ2n) is 8.91. The number of carbonyl (C=O) groups excluding carboxylic acids is 2. The lowest BCUT2D eigenvalue weighted by Gasteiger charge is -2.34. The fourth-order valence-corrected chi connectivity index (χ4v) is 5.40. The van der Waals surface area contributed by atoms with Gasteiger partial charge in [-0.1, -0.05) is 42.5 Å². The van der Waals surface area contributed by atoms with E-state index in [2.05, 4.69) is 0 Å². The van der Waals surface area contributed by atoms with Gasteiger partial charge in [-0.05, 0) is 42.3 Å². The van der Waals surface area contributed by atoms with Crippen LogP contribution in [0.5, 0.6) is 0 Å². The molecule has 2 aliphatic rings. The predicted octanol–water partition coefficient (Wildman–Crippen LogP) is 3.56. The largest absolute Gasteiger partial charge is 0.450 e. The maximum atomic E-state index is 14.4. The van der Waals surface area contributed by atoms with Gasteiger partial charge in [-0.15, -0.1) is 0 Å². The molecular weight excluding hydrogens is 463 g/mol. The molecule has 2 aliphatic heterocycles. The Bertz CT molecular complexity index is 1600. The summed E-state index contributed by atoms with van der Waals surface area (Å²) in [6.45, 7) is -0.0391. The summed E-state index contributed by atoms with van der Waals surface area (Å²) in [6.07, 6.45) is 0.211. The van der Waals surface area contributed by atoms with Crippen molar-refractivity contribution in [3.63, 3.8) is 0 Å². The molecule has 7 nitrogen and oxygen atoms in total. The van der Waals surface area contributed by atoms with Crippen LogP contribution in [0.2, 0.25) is 0 Å². The lowest BCUT2D eigenvalue weighted by atomic mass is 9.84. The zero-order valence-electron chi connectivity index (χ0n) is 19.1. The molecule has 180 valence electrons. The highest BCUT2D eigenvalue weighted by molar-refractivity contribution is 6.17. The minimum Gasteiger partial charge on any atom is -0.450 e. The van der Waals surface area contributed by atoms with Crippen molar-refractivity contribution in [1.29, 1.82) is 0 Å². The summed E-state index contributed by atoms with van der Waals surface area (Å²) >= 11 is 0. The van der Waals surface area contributed by atoms with Crippen LogP contribution in [0, 0.1) is 5.82 Å². The normalized spacial score (nSPS) is 18.4. The molecule has 0 fully saturated rings. The van der Waals surface area contributed by atoms with Crippen LogP contribution in [0.25, 0.3) is 11.0 Å². The van der Waals surface area contributed by atoms with Crippen molar-refractivity contribution >= 4 is 28.5 Å². The van der Waals surface area contributed by atoms with Gasteiger partial charge in [0.05, 0.1) is 23.2 Å². The first kappa shape index (κ1) is 22.2. The van der Waals surface area contributed by atoms with E-state index in [1.165, 1.54) is 21.9 Å². The van der Waals surface area contributed by atoms with Crippen molar-refractivity contribution in [2.45, 2.75) is 18.5 Å². The summed E-state index contributed by atoms with van der Waals surface area (Å²) in [5, 5.41) is 9.82. The SMILES string of the molecule is O=C1c2oc3ccccc3c(=O)c2C2(C(=O)N(Cc3ccc(F)cc3)c3ccccc32)N1CCCO. The van der Waals surface area contributed by atoms with Gasteiger partial charge in [0.1, 0.15) is 11.4 Å². The zero-order chi connectivity index (χ0) is 25.0. The van der Waals surface area contributed by atoms with Crippen LogP contribution in [0.4, 0.5) is 10.1 Å². The van der Waals surface area contributed by atoms with Crippen LogP contribution >= 0.6 is 0 Å². The van der Waals surface area contributed by atoms with E-state index in [0.717, 1.165) is 0 Å². The highest BCUT2D eigenvalue weighted by Crippen LogP contribution is 2.52. The van der Waals surface area contributed by atoms with Gasteiger partial charge in [0.15, 0.2) is 11.0 Å². The molecule has 2 amide bonds. The van der Waals surface area contributed by atoms with Crippen molar-refractivity contribution in [1.82, 2.24) is 4.90 Å². The molecular formula is C28H21FN2O5. The van der Waals surface area contributed by atoms with Gasteiger partial charge in [0.25, 0.3) is 11.8 Å². The van der Waals surface area contributed by atoms with Crippen LogP contribution in [-0.2, 0) is 16.9 Å². The fourth-order valence-electron chi connectivity index (χ4n) is 5.40. The third-order valence-electron chi connectivity index (χ3n) is 6.94. The molecule has 4 aromatic rings. The number of halogens is 1. The number of para-hydroxylation sites is 2. The summed E-state index contributed by atoms with van der Waals surface area (Å²) in [4.78, 5) is 44.9. The highest BCUT2D eigenvalue weighted by Gasteiger charge is 2.64. The number of fused-ring (bicyclic) bond motifs is 5. The van der Waals surface area contributed by atoms with Crippen molar-refractivity contribution in [2.75, 3.05) is 18.1 Å². The molecule has 0 saturated carbocycles. The highest BCUT2D eigenvalue weighted by atomic mass is 19.1. The average Bonchev–Trinajstić information content (AvgIpc) is 3.29. The van der Waals surface area contributed by atoms with E-state index in [0.29, 0.717) is 16.8 Å². The molecule has 36 heavy (non-hydrogen) atoms. The molecule has 3 heterocycles. The molecule has 1 spiro atoms. The van der Waals surface area contributed by atoms with Crippen LogP contribution in [0.1, 0.15) is 33.7 Å². The smallest absolute Gasteiger partial charge is 0.291 e. The second-order valence-corrected chi connectivity index (χ2v) is 8.91. The molecule has 0 aliphatic carbocycles. The molecule has 1 unspecified atom stereocenters.